The first kappa shape index (κ1) is 24.3. The number of benzene rings is 3. The van der Waals surface area contributed by atoms with E-state index in [1.165, 1.54) is 6.07 Å². The van der Waals surface area contributed by atoms with Gasteiger partial charge in [0.15, 0.2) is 0 Å². The first-order valence-electron chi connectivity index (χ1n) is 10.0. The van der Waals surface area contributed by atoms with Gasteiger partial charge in [-0.25, -0.2) is 13.1 Å². The van der Waals surface area contributed by atoms with Crippen LogP contribution in [0.4, 0.5) is 0 Å². The van der Waals surface area contributed by atoms with Gasteiger partial charge in [-0.3, -0.25) is 9.36 Å². The van der Waals surface area contributed by atoms with Gasteiger partial charge in [0.1, 0.15) is 0 Å². The molecule has 0 fully saturated rings. The number of aromatic nitrogens is 1. The predicted octanol–water partition coefficient (Wildman–Crippen LogP) is 5.63. The maximum atomic E-state index is 12.8. The molecule has 1 aromatic heterocycles. The summed E-state index contributed by atoms with van der Waals surface area (Å²) in [5.41, 5.74) is 2.57. The average Bonchev–Trinajstić information content (AvgIpc) is 3.10. The fraction of sp³-hybridized carbons (Fsp3) is 0.174. The first-order valence-corrected chi connectivity index (χ1v) is 14.2. The van der Waals surface area contributed by atoms with E-state index in [9.17, 15) is 13.2 Å². The number of thiazole rings is 1. The van der Waals surface area contributed by atoms with Gasteiger partial charge in [-0.05, 0) is 41.5 Å². The summed E-state index contributed by atoms with van der Waals surface area (Å²) in [6.07, 6.45) is 0. The second kappa shape index (κ2) is 10.6. The average molecular weight is 540 g/mol. The molecule has 172 valence electrons. The summed E-state index contributed by atoms with van der Waals surface area (Å²) < 4.78 is 30.4. The van der Waals surface area contributed by atoms with Crippen molar-refractivity contribution in [3.8, 4) is 0 Å². The summed E-state index contributed by atoms with van der Waals surface area (Å²) in [6.45, 7) is 0.703. The van der Waals surface area contributed by atoms with Crippen LogP contribution in [0.3, 0.4) is 0 Å². The number of rotatable bonds is 9. The summed E-state index contributed by atoms with van der Waals surface area (Å²) in [5, 5.41) is 1.20. The standard InChI is InChI=1S/C23H20Cl2N2O3S3/c24-19-7-4-8-20(25)18(19)15-31-12-11-26-33(29,30)17-9-10-21-22(13-17)32-23(28)27(21)14-16-5-2-1-3-6-16/h1-10,13,26H,11-12,14-15H2. The zero-order valence-corrected chi connectivity index (χ0v) is 21.3. The highest BCUT2D eigenvalue weighted by molar-refractivity contribution is 7.98. The number of nitrogens with zero attached hydrogens (tertiary/aromatic N) is 1. The van der Waals surface area contributed by atoms with Crippen LogP contribution in [-0.2, 0) is 22.3 Å². The Balaban J connectivity index is 1.41. The largest absolute Gasteiger partial charge is 0.308 e. The van der Waals surface area contributed by atoms with Crippen molar-refractivity contribution >= 4 is 66.5 Å². The van der Waals surface area contributed by atoms with Gasteiger partial charge >= 0.3 is 4.87 Å². The molecule has 0 saturated carbocycles. The molecule has 0 aliphatic rings. The SMILES string of the molecule is O=c1sc2cc(S(=O)(=O)NCCSCc3c(Cl)cccc3Cl)ccc2n1Cc1ccccc1. The van der Waals surface area contributed by atoms with E-state index in [-0.39, 0.29) is 16.3 Å². The minimum Gasteiger partial charge on any atom is -0.294 e. The van der Waals surface area contributed by atoms with Gasteiger partial charge in [-0.2, -0.15) is 11.8 Å². The lowest BCUT2D eigenvalue weighted by Gasteiger charge is -2.09. The fourth-order valence-electron chi connectivity index (χ4n) is 3.31. The van der Waals surface area contributed by atoms with Crippen LogP contribution in [0.1, 0.15) is 11.1 Å². The van der Waals surface area contributed by atoms with E-state index in [0.717, 1.165) is 28.0 Å². The molecule has 1 N–H and O–H groups in total. The van der Waals surface area contributed by atoms with E-state index < -0.39 is 10.0 Å². The van der Waals surface area contributed by atoms with Gasteiger partial charge in [-0.1, -0.05) is 70.9 Å². The molecule has 4 rings (SSSR count). The minimum absolute atomic E-state index is 0.119. The van der Waals surface area contributed by atoms with Crippen LogP contribution >= 0.6 is 46.3 Å². The van der Waals surface area contributed by atoms with E-state index in [2.05, 4.69) is 4.72 Å². The fourth-order valence-corrected chi connectivity index (χ4v) is 7.09. The molecule has 33 heavy (non-hydrogen) atoms. The monoisotopic (exact) mass is 538 g/mol. The van der Waals surface area contributed by atoms with Gasteiger partial charge in [-0.15, -0.1) is 0 Å². The molecule has 0 bridgehead atoms. The summed E-state index contributed by atoms with van der Waals surface area (Å²) >= 11 is 14.9. The highest BCUT2D eigenvalue weighted by Crippen LogP contribution is 2.28. The smallest absolute Gasteiger partial charge is 0.294 e. The highest BCUT2D eigenvalue weighted by Gasteiger charge is 2.17. The molecule has 0 atom stereocenters. The zero-order chi connectivity index (χ0) is 23.4. The number of sulfonamides is 1. The topological polar surface area (TPSA) is 68.2 Å². The van der Waals surface area contributed by atoms with E-state index in [1.54, 1.807) is 46.7 Å². The van der Waals surface area contributed by atoms with Gasteiger partial charge in [0.2, 0.25) is 10.0 Å². The Morgan fingerprint density at radius 2 is 1.70 bits per heavy atom. The normalized spacial score (nSPS) is 11.8. The van der Waals surface area contributed by atoms with Crippen molar-refractivity contribution in [3.05, 3.63) is 97.6 Å². The van der Waals surface area contributed by atoms with Gasteiger partial charge in [0.25, 0.3) is 0 Å². The lowest BCUT2D eigenvalue weighted by atomic mass is 10.2. The van der Waals surface area contributed by atoms with E-state index in [0.29, 0.717) is 32.8 Å². The molecule has 0 amide bonds. The first-order chi connectivity index (χ1) is 15.8. The molecular weight excluding hydrogens is 519 g/mol. The Morgan fingerprint density at radius 3 is 2.42 bits per heavy atom. The van der Waals surface area contributed by atoms with E-state index >= 15 is 0 Å². The Bertz CT molecular complexity index is 1410. The maximum absolute atomic E-state index is 12.8. The third kappa shape index (κ3) is 5.82. The zero-order valence-electron chi connectivity index (χ0n) is 17.3. The summed E-state index contributed by atoms with van der Waals surface area (Å²) in [5.74, 6) is 1.15. The molecule has 0 saturated heterocycles. The second-order valence-corrected chi connectivity index (χ2v) is 11.9. The molecule has 0 radical (unpaired) electrons. The molecule has 0 unspecified atom stereocenters. The number of fused-ring (bicyclic) bond motifs is 1. The third-order valence-corrected chi connectivity index (χ3v) is 9.07. The Morgan fingerprint density at radius 1 is 0.970 bits per heavy atom. The molecule has 0 aliphatic carbocycles. The lowest BCUT2D eigenvalue weighted by Crippen LogP contribution is -2.26. The maximum Gasteiger partial charge on any atom is 0.308 e. The molecular formula is C23H20Cl2N2O3S3. The van der Waals surface area contributed by atoms with Crippen molar-refractivity contribution in [3.63, 3.8) is 0 Å². The lowest BCUT2D eigenvalue weighted by molar-refractivity contribution is 0.584. The Labute approximate surface area is 210 Å². The second-order valence-electron chi connectivity index (χ2n) is 7.22. The molecule has 0 spiro atoms. The highest BCUT2D eigenvalue weighted by atomic mass is 35.5. The quantitative estimate of drug-likeness (QED) is 0.280. The minimum atomic E-state index is -3.70. The molecule has 3 aromatic carbocycles. The summed E-state index contributed by atoms with van der Waals surface area (Å²) in [7, 11) is -3.70. The molecule has 10 heteroatoms. The van der Waals surface area contributed by atoms with Crippen molar-refractivity contribution in [2.45, 2.75) is 17.2 Å². The number of hydrogen-bond acceptors (Lipinski definition) is 5. The third-order valence-electron chi connectivity index (χ3n) is 4.98. The van der Waals surface area contributed by atoms with Crippen molar-refractivity contribution in [1.82, 2.24) is 9.29 Å². The Kier molecular flexibility index (Phi) is 7.83. The van der Waals surface area contributed by atoms with Crippen LogP contribution < -0.4 is 9.60 Å². The number of hydrogen-bond donors (Lipinski definition) is 1. The Hall–Kier alpha value is -1.81. The van der Waals surface area contributed by atoms with Crippen LogP contribution in [0.2, 0.25) is 10.0 Å². The van der Waals surface area contributed by atoms with Crippen LogP contribution in [0, 0.1) is 0 Å². The van der Waals surface area contributed by atoms with Crippen molar-refractivity contribution in [1.29, 1.82) is 0 Å². The van der Waals surface area contributed by atoms with Crippen LogP contribution in [0.5, 0.6) is 0 Å². The number of nitrogens with one attached hydrogen (secondary N) is 1. The summed E-state index contributed by atoms with van der Waals surface area (Å²) in [6, 6.07) is 19.8. The molecule has 4 aromatic rings. The number of thioether (sulfide) groups is 1. The van der Waals surface area contributed by atoms with E-state index in [4.69, 9.17) is 23.2 Å². The van der Waals surface area contributed by atoms with Gasteiger partial charge in [0, 0.05) is 28.1 Å². The van der Waals surface area contributed by atoms with Crippen LogP contribution in [0.15, 0.2) is 76.4 Å². The number of halogens is 2. The molecule has 0 aliphatic heterocycles. The van der Waals surface area contributed by atoms with Crippen molar-refractivity contribution < 1.29 is 8.42 Å². The summed E-state index contributed by atoms with van der Waals surface area (Å²) in [4.78, 5) is 12.5. The van der Waals surface area contributed by atoms with Crippen LogP contribution in [-0.4, -0.2) is 25.3 Å². The molecule has 1 heterocycles. The van der Waals surface area contributed by atoms with E-state index in [1.807, 2.05) is 30.3 Å². The van der Waals surface area contributed by atoms with Gasteiger partial charge < -0.3 is 0 Å². The van der Waals surface area contributed by atoms with Crippen molar-refractivity contribution in [2.24, 2.45) is 0 Å². The molecule has 5 nitrogen and oxygen atoms in total. The van der Waals surface area contributed by atoms with Crippen LogP contribution in [0.25, 0.3) is 10.2 Å². The van der Waals surface area contributed by atoms with Crippen molar-refractivity contribution in [2.75, 3.05) is 12.3 Å². The predicted molar refractivity (Wildman–Crippen MR) is 139 cm³/mol. The van der Waals surface area contributed by atoms with Gasteiger partial charge in [0.05, 0.1) is 21.7 Å².